The van der Waals surface area contributed by atoms with Crippen LogP contribution in [0.15, 0.2) is 0 Å². The molecule has 0 atom stereocenters. The second-order valence-electron chi connectivity index (χ2n) is 3.54. The number of piperazine rings is 1. The fraction of sp³-hybridized carbons (Fsp3) is 1.00. The third-order valence-electron chi connectivity index (χ3n) is 2.42. The quantitative estimate of drug-likeness (QED) is 0.473. The Morgan fingerprint density at radius 3 is 2.60 bits per heavy atom. The number of hydrogen-bond acceptors (Lipinski definition) is 1. The lowest BCUT2D eigenvalue weighted by Crippen LogP contribution is -2.57. The summed E-state index contributed by atoms with van der Waals surface area (Å²) in [6.45, 7) is 5.30. The minimum absolute atomic E-state index is 0.239. The molecule has 1 fully saturated rings. The lowest BCUT2D eigenvalue weighted by atomic mass is 10.4. The van der Waals surface area contributed by atoms with Crippen molar-refractivity contribution < 1.29 is 4.15 Å². The molecule has 1 aliphatic rings. The molecule has 0 aliphatic carbocycles. The van der Waals surface area contributed by atoms with Crippen molar-refractivity contribution in [2.45, 2.75) is 5.67 Å². The normalized spacial score (nSPS) is 26.1. The van der Waals surface area contributed by atoms with Crippen molar-refractivity contribution >= 4 is 19.9 Å². The molecule has 0 unspecified atom stereocenters. The molecule has 0 amide bonds. The molecular formula is C6H19N2Si2+. The lowest BCUT2D eigenvalue weighted by molar-refractivity contribution is -0.803. The second kappa shape index (κ2) is 3.66. The highest BCUT2D eigenvalue weighted by Gasteiger charge is 2.22. The van der Waals surface area contributed by atoms with Gasteiger partial charge in [0, 0.05) is 23.3 Å². The molecule has 0 aromatic rings. The summed E-state index contributed by atoms with van der Waals surface area (Å²) in [7, 11) is 4.12. The molecule has 60 valence electrons. The third-order valence-corrected chi connectivity index (χ3v) is 5.92. The van der Waals surface area contributed by atoms with Crippen molar-refractivity contribution in [1.29, 1.82) is 0 Å². The third kappa shape index (κ3) is 2.19. The van der Waals surface area contributed by atoms with Crippen molar-refractivity contribution in [3.8, 4) is 0 Å². The van der Waals surface area contributed by atoms with E-state index in [1.807, 2.05) is 0 Å². The van der Waals surface area contributed by atoms with E-state index in [0.29, 0.717) is 0 Å². The highest BCUT2D eigenvalue weighted by atomic mass is 28.3. The first-order chi connectivity index (χ1) is 4.77. The van der Waals surface area contributed by atoms with Gasteiger partial charge in [-0.3, -0.25) is 0 Å². The topological polar surface area (TPSA) is 12.0 Å². The highest BCUT2D eigenvalue weighted by molar-refractivity contribution is 6.41. The van der Waals surface area contributed by atoms with E-state index in [9.17, 15) is 0 Å². The van der Waals surface area contributed by atoms with Gasteiger partial charge in [-0.05, 0) is 5.67 Å². The van der Waals surface area contributed by atoms with Crippen LogP contribution >= 0.6 is 0 Å². The predicted molar refractivity (Wildman–Crippen MR) is 52.1 cm³/mol. The molecule has 1 N–H and O–H groups in total. The molecule has 0 aromatic heterocycles. The Morgan fingerprint density at radius 2 is 2.10 bits per heavy atom. The van der Waals surface area contributed by atoms with Gasteiger partial charge in [-0.15, -0.1) is 0 Å². The molecule has 1 aliphatic heterocycles. The molecule has 2 nitrogen and oxygen atoms in total. The predicted octanol–water partition coefficient (Wildman–Crippen LogP) is -2.14. The van der Waals surface area contributed by atoms with Gasteiger partial charge >= 0.3 is 0 Å². The number of nitrogens with one attached hydrogen (secondary N) is 1. The van der Waals surface area contributed by atoms with E-state index in [4.69, 9.17) is 0 Å². The Hall–Kier alpha value is 0.354. The first-order valence-electron chi connectivity index (χ1n) is 4.31. The fourth-order valence-corrected chi connectivity index (χ4v) is 6.78. The maximum Gasteiger partial charge on any atom is 0.251 e. The van der Waals surface area contributed by atoms with Crippen molar-refractivity contribution in [2.75, 3.05) is 33.2 Å². The van der Waals surface area contributed by atoms with E-state index < -0.39 is 0 Å². The average molecular weight is 175 g/mol. The Balaban J connectivity index is 2.32. The zero-order chi connectivity index (χ0) is 7.45. The van der Waals surface area contributed by atoms with Gasteiger partial charge in [0.2, 0.25) is 0 Å². The minimum Gasteiger partial charge on any atom is -0.389 e. The van der Waals surface area contributed by atoms with Gasteiger partial charge in [-0.25, -0.2) is 0 Å². The molecule has 1 saturated heterocycles. The fourth-order valence-electron chi connectivity index (χ4n) is 1.70. The van der Waals surface area contributed by atoms with E-state index in [-0.39, 0.29) is 9.68 Å². The summed E-state index contributed by atoms with van der Waals surface area (Å²) in [5, 5.41) is 3.42. The molecule has 0 bridgehead atoms. The Kier molecular flexibility index (Phi) is 3.09. The summed E-state index contributed by atoms with van der Waals surface area (Å²) in [5.41, 5.74) is 1.59. The second-order valence-corrected chi connectivity index (χ2v) is 9.51. The summed E-state index contributed by atoms with van der Waals surface area (Å²) < 4.78 is 1.45. The van der Waals surface area contributed by atoms with Crippen molar-refractivity contribution in [2.24, 2.45) is 0 Å². The SMILES string of the molecule is C[N+]1([SiH2]C[SiH3])CCNCC1. The van der Waals surface area contributed by atoms with Gasteiger partial charge in [0.05, 0.1) is 20.1 Å². The molecule has 4 heteroatoms. The van der Waals surface area contributed by atoms with Crippen LogP contribution < -0.4 is 5.32 Å². The van der Waals surface area contributed by atoms with Crippen molar-refractivity contribution in [1.82, 2.24) is 5.32 Å². The summed E-state index contributed by atoms with van der Waals surface area (Å²) >= 11 is 0. The van der Waals surface area contributed by atoms with Crippen molar-refractivity contribution in [3.05, 3.63) is 0 Å². The number of quaternary nitrogens is 1. The van der Waals surface area contributed by atoms with Crippen molar-refractivity contribution in [3.63, 3.8) is 0 Å². The summed E-state index contributed by atoms with van der Waals surface area (Å²) in [6, 6.07) is 0. The minimum atomic E-state index is 0.239. The van der Waals surface area contributed by atoms with E-state index in [2.05, 4.69) is 12.4 Å². The van der Waals surface area contributed by atoms with Crippen LogP contribution in [0.3, 0.4) is 0 Å². The van der Waals surface area contributed by atoms with Crippen LogP contribution in [0.2, 0.25) is 5.67 Å². The number of nitrogens with zero attached hydrogens (tertiary/aromatic N) is 1. The molecule has 0 aromatic carbocycles. The summed E-state index contributed by atoms with van der Waals surface area (Å²) in [5.74, 6) is 0. The largest absolute Gasteiger partial charge is 0.389 e. The summed E-state index contributed by atoms with van der Waals surface area (Å²) in [4.78, 5) is 0. The van der Waals surface area contributed by atoms with Crippen LogP contribution in [-0.4, -0.2) is 57.3 Å². The van der Waals surface area contributed by atoms with Crippen LogP contribution in [0.25, 0.3) is 0 Å². The monoisotopic (exact) mass is 175 g/mol. The molecule has 1 rings (SSSR count). The standard InChI is InChI=1S/C6H19N2Si2/c1-8(10-6-9)4-2-7-3-5-8/h7H,2-6,10H2,1,9H3/q+1. The molecule has 10 heavy (non-hydrogen) atoms. The number of likely N-dealkylation sites (N-methyl/N-ethyl adjacent to an activating group) is 1. The van der Waals surface area contributed by atoms with Crippen LogP contribution in [0, 0.1) is 0 Å². The van der Waals surface area contributed by atoms with Gasteiger partial charge < -0.3 is 9.47 Å². The smallest absolute Gasteiger partial charge is 0.251 e. The van der Waals surface area contributed by atoms with Crippen LogP contribution in [0.5, 0.6) is 0 Å². The zero-order valence-electron chi connectivity index (χ0n) is 7.19. The van der Waals surface area contributed by atoms with Crippen LogP contribution in [0.1, 0.15) is 0 Å². The first kappa shape index (κ1) is 8.45. The van der Waals surface area contributed by atoms with E-state index in [1.165, 1.54) is 40.6 Å². The van der Waals surface area contributed by atoms with Gasteiger partial charge in [0.15, 0.2) is 0 Å². The van der Waals surface area contributed by atoms with E-state index in [1.54, 1.807) is 5.67 Å². The van der Waals surface area contributed by atoms with Gasteiger partial charge in [0.1, 0.15) is 0 Å². The molecule has 1 heterocycles. The molecule has 0 radical (unpaired) electrons. The van der Waals surface area contributed by atoms with Crippen LogP contribution in [-0.2, 0) is 0 Å². The van der Waals surface area contributed by atoms with E-state index in [0.717, 1.165) is 0 Å². The Morgan fingerprint density at radius 1 is 1.50 bits per heavy atom. The molecular weight excluding hydrogens is 156 g/mol. The molecule has 0 spiro atoms. The average Bonchev–Trinajstić information content (AvgIpc) is 1.89. The summed E-state index contributed by atoms with van der Waals surface area (Å²) in [6.07, 6.45) is 0. The van der Waals surface area contributed by atoms with Gasteiger partial charge in [-0.1, -0.05) is 0 Å². The van der Waals surface area contributed by atoms with Gasteiger partial charge in [-0.2, -0.15) is 0 Å². The highest BCUT2D eigenvalue weighted by Crippen LogP contribution is 2.02. The zero-order valence-corrected chi connectivity index (χ0v) is 10.6. The van der Waals surface area contributed by atoms with E-state index >= 15 is 0 Å². The van der Waals surface area contributed by atoms with Gasteiger partial charge in [0.25, 0.3) is 9.68 Å². The number of hydrogen-bond donors (Lipinski definition) is 1. The van der Waals surface area contributed by atoms with Crippen LogP contribution in [0.4, 0.5) is 0 Å². The lowest BCUT2D eigenvalue weighted by Gasteiger charge is -2.39. The molecule has 0 saturated carbocycles. The number of rotatable bonds is 2. The maximum atomic E-state index is 3.42. The Labute approximate surface area is 68.9 Å². The Bertz CT molecular complexity index is 96.4. The first-order valence-corrected chi connectivity index (χ1v) is 7.36. The maximum absolute atomic E-state index is 3.42.